The third-order valence-electron chi connectivity index (χ3n) is 13.4. The molecule has 0 rings (SSSR count). The number of ketones is 2. The maximum Gasteiger partial charge on any atom is 0.138 e. The van der Waals surface area contributed by atoms with Gasteiger partial charge in [0, 0.05) is 25.2 Å². The van der Waals surface area contributed by atoms with Crippen LogP contribution in [0.2, 0.25) is 0 Å². The van der Waals surface area contributed by atoms with Crippen molar-refractivity contribution in [2.45, 2.75) is 322 Å². The van der Waals surface area contributed by atoms with E-state index in [9.17, 15) is 19.8 Å². The van der Waals surface area contributed by atoms with E-state index < -0.39 is 12.2 Å². The van der Waals surface area contributed by atoms with Crippen LogP contribution in [0.5, 0.6) is 0 Å². The van der Waals surface area contributed by atoms with E-state index >= 15 is 0 Å². The third kappa shape index (κ3) is 44.2. The van der Waals surface area contributed by atoms with Crippen molar-refractivity contribution in [2.24, 2.45) is 5.92 Å². The Labute approximate surface area is 388 Å². The number of hydrogen-bond acceptors (Lipinski definition) is 5. The molecule has 0 aromatic heterocycles. The fourth-order valence-electron chi connectivity index (χ4n) is 9.12. The van der Waals surface area contributed by atoms with Crippen LogP contribution in [0.3, 0.4) is 0 Å². The molecule has 0 saturated heterocycles. The average molecular weight is 876 g/mol. The predicted molar refractivity (Wildman–Crippen MR) is 270 cm³/mol. The van der Waals surface area contributed by atoms with Crippen LogP contribution >= 0.6 is 0 Å². The van der Waals surface area contributed by atoms with Gasteiger partial charge in [-0.1, -0.05) is 258 Å². The lowest BCUT2D eigenvalue weighted by molar-refractivity contribution is -0.134. The molecule has 5 nitrogen and oxygen atoms in total. The van der Waals surface area contributed by atoms with Gasteiger partial charge in [-0.2, -0.15) is 0 Å². The highest BCUT2D eigenvalue weighted by Gasteiger charge is 2.30. The molecule has 62 heavy (non-hydrogen) atoms. The van der Waals surface area contributed by atoms with E-state index in [4.69, 9.17) is 4.74 Å². The summed E-state index contributed by atoms with van der Waals surface area (Å²) in [5, 5.41) is 19.8. The van der Waals surface area contributed by atoms with E-state index in [0.717, 1.165) is 57.8 Å². The van der Waals surface area contributed by atoms with Crippen LogP contribution in [0, 0.1) is 5.92 Å². The quantitative estimate of drug-likeness (QED) is 0.0470. The highest BCUT2D eigenvalue weighted by molar-refractivity contribution is 5.84. The minimum Gasteiger partial charge on any atom is -0.394 e. The van der Waals surface area contributed by atoms with Gasteiger partial charge in [-0.05, 0) is 44.9 Å². The number of aliphatic hydroxyl groups excluding tert-OH is 2. The van der Waals surface area contributed by atoms with Crippen molar-refractivity contribution in [1.82, 2.24) is 0 Å². The lowest BCUT2D eigenvalue weighted by atomic mass is 9.85. The van der Waals surface area contributed by atoms with Crippen molar-refractivity contribution in [3.05, 3.63) is 12.2 Å². The average Bonchev–Trinajstić information content (AvgIpc) is 3.27. The Balaban J connectivity index is 4.85. The fraction of sp³-hybridized carbons (Fsp3) is 0.930. The molecule has 3 atom stereocenters. The Bertz CT molecular complexity index is 932. The van der Waals surface area contributed by atoms with Crippen LogP contribution in [0.1, 0.15) is 310 Å². The number of unbranched alkanes of at least 4 members (excludes halogenated alkanes) is 37. The van der Waals surface area contributed by atoms with E-state index in [2.05, 4.69) is 32.9 Å². The first-order valence-electron chi connectivity index (χ1n) is 28.1. The zero-order chi connectivity index (χ0) is 45.2. The number of Topliss-reactive ketones (excluding diaryl/α,β-unsaturated/α-hetero) is 2. The van der Waals surface area contributed by atoms with Gasteiger partial charge < -0.3 is 14.9 Å². The Morgan fingerprint density at radius 1 is 0.435 bits per heavy atom. The first-order chi connectivity index (χ1) is 30.5. The summed E-state index contributed by atoms with van der Waals surface area (Å²) in [4.78, 5) is 27.4. The van der Waals surface area contributed by atoms with Gasteiger partial charge in [-0.3, -0.25) is 9.59 Å². The van der Waals surface area contributed by atoms with E-state index in [1.54, 1.807) is 0 Å². The summed E-state index contributed by atoms with van der Waals surface area (Å²) >= 11 is 0. The van der Waals surface area contributed by atoms with Crippen LogP contribution in [-0.2, 0) is 14.3 Å². The fourth-order valence-corrected chi connectivity index (χ4v) is 9.12. The van der Waals surface area contributed by atoms with Gasteiger partial charge in [0.15, 0.2) is 0 Å². The normalized spacial score (nSPS) is 13.3. The van der Waals surface area contributed by atoms with Gasteiger partial charge in [0.25, 0.3) is 0 Å². The number of ether oxygens (including phenoxy) is 1. The molecule has 0 fully saturated rings. The van der Waals surface area contributed by atoms with Crippen LogP contribution in [0.4, 0.5) is 0 Å². The number of hydrogen-bond donors (Lipinski definition) is 2. The molecule has 0 heterocycles. The Morgan fingerprint density at radius 2 is 0.758 bits per heavy atom. The topological polar surface area (TPSA) is 83.8 Å². The van der Waals surface area contributed by atoms with Crippen LogP contribution in [0.15, 0.2) is 12.2 Å². The summed E-state index contributed by atoms with van der Waals surface area (Å²) in [7, 11) is 0. The first kappa shape index (κ1) is 61.0. The number of rotatable bonds is 53. The van der Waals surface area contributed by atoms with Gasteiger partial charge in [0.05, 0.1) is 19.3 Å². The van der Waals surface area contributed by atoms with Crippen molar-refractivity contribution >= 4 is 11.6 Å². The molecule has 0 bridgehead atoms. The predicted octanol–water partition coefficient (Wildman–Crippen LogP) is 17.6. The maximum atomic E-state index is 14.0. The second-order valence-electron chi connectivity index (χ2n) is 19.6. The Kier molecular flexibility index (Phi) is 50.1. The van der Waals surface area contributed by atoms with Crippen molar-refractivity contribution in [1.29, 1.82) is 0 Å². The van der Waals surface area contributed by atoms with E-state index in [0.29, 0.717) is 12.8 Å². The van der Waals surface area contributed by atoms with Gasteiger partial charge in [0.1, 0.15) is 17.7 Å². The summed E-state index contributed by atoms with van der Waals surface area (Å²) < 4.78 is 6.21. The summed E-state index contributed by atoms with van der Waals surface area (Å²) in [5.41, 5.74) is 0. The molecule has 0 aliphatic heterocycles. The molecule has 0 aromatic carbocycles. The Hall–Kier alpha value is -1.04. The van der Waals surface area contributed by atoms with Crippen LogP contribution < -0.4 is 0 Å². The third-order valence-corrected chi connectivity index (χ3v) is 13.4. The number of allylic oxidation sites excluding steroid dienone is 2. The van der Waals surface area contributed by atoms with Gasteiger partial charge in [0.2, 0.25) is 0 Å². The molecule has 0 aromatic rings. The summed E-state index contributed by atoms with van der Waals surface area (Å²) in [6, 6.07) is 0. The summed E-state index contributed by atoms with van der Waals surface area (Å²) in [6.07, 6.45) is 57.5. The highest BCUT2D eigenvalue weighted by Crippen LogP contribution is 2.26. The second-order valence-corrected chi connectivity index (χ2v) is 19.6. The molecule has 0 saturated carbocycles. The second kappa shape index (κ2) is 51.0. The Morgan fingerprint density at radius 3 is 1.13 bits per heavy atom. The maximum absolute atomic E-state index is 14.0. The highest BCUT2D eigenvalue weighted by atomic mass is 16.5. The van der Waals surface area contributed by atoms with Crippen LogP contribution in [0.25, 0.3) is 0 Å². The molecule has 0 radical (unpaired) electrons. The number of carbonyl (C=O) groups is 2. The molecule has 0 aliphatic carbocycles. The number of carbonyl (C=O) groups excluding carboxylic acids is 2. The van der Waals surface area contributed by atoms with Crippen molar-refractivity contribution in [3.8, 4) is 0 Å². The molecule has 0 spiro atoms. The minimum atomic E-state index is -1.00. The largest absolute Gasteiger partial charge is 0.394 e. The zero-order valence-electron chi connectivity index (χ0n) is 42.2. The molecular weight excluding hydrogens is 765 g/mol. The van der Waals surface area contributed by atoms with E-state index in [1.807, 2.05) is 0 Å². The van der Waals surface area contributed by atoms with Crippen molar-refractivity contribution in [2.75, 3.05) is 13.2 Å². The standard InChI is InChI=1S/C57H110O5/c1-4-7-10-13-16-19-22-25-27-30-32-35-38-41-44-47-53(59)50-57(62-52-54(60)51-58)55(48-45-42-39-36-33-29-24-21-18-15-12-9-6-3)56(61)49-46-43-40-37-34-31-28-26-23-20-17-14-11-8-5-2/h29,33,54-55,57-58,60H,4-28,30-32,34-52H2,1-3H3/b33-29-. The summed E-state index contributed by atoms with van der Waals surface area (Å²) in [5.74, 6) is 0.0611. The SMILES string of the molecule is CCCCCCCC/C=C\CCCCCC(C(=O)CCCCCCCCCCCCCCCCC)C(CC(=O)CCCCCCCCCCCCCCCCC)OCC(O)CO. The molecular formula is C57H110O5. The van der Waals surface area contributed by atoms with E-state index in [1.165, 1.54) is 212 Å². The molecule has 368 valence electrons. The molecule has 0 amide bonds. The molecule has 3 unspecified atom stereocenters. The summed E-state index contributed by atoms with van der Waals surface area (Å²) in [6.45, 7) is 6.40. The molecule has 0 aliphatic rings. The smallest absolute Gasteiger partial charge is 0.138 e. The van der Waals surface area contributed by atoms with Crippen molar-refractivity contribution in [3.63, 3.8) is 0 Å². The van der Waals surface area contributed by atoms with Crippen LogP contribution in [-0.4, -0.2) is 47.2 Å². The van der Waals surface area contributed by atoms with Crippen molar-refractivity contribution < 1.29 is 24.5 Å². The lowest BCUT2D eigenvalue weighted by Gasteiger charge is -2.27. The van der Waals surface area contributed by atoms with Gasteiger partial charge in [-0.25, -0.2) is 0 Å². The zero-order valence-corrected chi connectivity index (χ0v) is 42.2. The van der Waals surface area contributed by atoms with Gasteiger partial charge >= 0.3 is 0 Å². The number of aliphatic hydroxyl groups is 2. The first-order valence-corrected chi connectivity index (χ1v) is 28.1. The van der Waals surface area contributed by atoms with Gasteiger partial charge in [-0.15, -0.1) is 0 Å². The molecule has 2 N–H and O–H groups in total. The minimum absolute atomic E-state index is 0.0421. The molecule has 5 heteroatoms. The van der Waals surface area contributed by atoms with E-state index in [-0.39, 0.29) is 37.1 Å². The lowest BCUT2D eigenvalue weighted by Crippen LogP contribution is -2.35. The monoisotopic (exact) mass is 875 g/mol.